The van der Waals surface area contributed by atoms with Gasteiger partial charge in [0.25, 0.3) is 0 Å². The molecule has 0 spiro atoms. The van der Waals surface area contributed by atoms with Crippen LogP contribution in [0.3, 0.4) is 0 Å². The first-order chi connectivity index (χ1) is 8.00. The second-order valence-corrected chi connectivity index (χ2v) is 6.81. The van der Waals surface area contributed by atoms with E-state index in [9.17, 15) is 8.42 Å². The quantitative estimate of drug-likeness (QED) is 0.829. The van der Waals surface area contributed by atoms with E-state index in [4.69, 9.17) is 5.73 Å². The van der Waals surface area contributed by atoms with Crippen molar-refractivity contribution in [3.8, 4) is 0 Å². The van der Waals surface area contributed by atoms with Gasteiger partial charge >= 0.3 is 0 Å². The number of nitrogen functional groups attached to an aromatic ring is 1. The number of nitrogens with two attached hydrogens (primary N) is 1. The molecule has 94 valence electrons. The van der Waals surface area contributed by atoms with Gasteiger partial charge in [-0.1, -0.05) is 6.92 Å². The van der Waals surface area contributed by atoms with Crippen molar-refractivity contribution in [2.45, 2.75) is 13.3 Å². The maximum atomic E-state index is 11.6. The van der Waals surface area contributed by atoms with Crippen LogP contribution in [0.1, 0.15) is 12.6 Å². The highest BCUT2D eigenvalue weighted by molar-refractivity contribution is 7.91. The van der Waals surface area contributed by atoms with Crippen molar-refractivity contribution in [3.05, 3.63) is 18.0 Å². The predicted molar refractivity (Wildman–Crippen MR) is 68.7 cm³/mol. The summed E-state index contributed by atoms with van der Waals surface area (Å²) < 4.78 is 23.1. The van der Waals surface area contributed by atoms with Crippen LogP contribution in [0.2, 0.25) is 0 Å². The lowest BCUT2D eigenvalue weighted by Crippen LogP contribution is -2.30. The molecule has 0 aliphatic carbocycles. The lowest BCUT2D eigenvalue weighted by molar-refractivity contribution is 0.549. The van der Waals surface area contributed by atoms with Crippen LogP contribution in [0.4, 0.5) is 11.4 Å². The van der Waals surface area contributed by atoms with Crippen molar-refractivity contribution in [3.63, 3.8) is 0 Å². The molecule has 1 aliphatic heterocycles. The van der Waals surface area contributed by atoms with Gasteiger partial charge in [-0.25, -0.2) is 8.42 Å². The summed E-state index contributed by atoms with van der Waals surface area (Å²) in [5.74, 6) is 0.525. The number of aromatic nitrogens is 1. The molecule has 1 aromatic heterocycles. The van der Waals surface area contributed by atoms with Crippen LogP contribution >= 0.6 is 0 Å². The molecule has 1 aromatic rings. The van der Waals surface area contributed by atoms with Gasteiger partial charge in [0.1, 0.15) is 9.84 Å². The maximum Gasteiger partial charge on any atom is 0.150 e. The van der Waals surface area contributed by atoms with E-state index >= 15 is 0 Å². The molecule has 0 saturated carbocycles. The lowest BCUT2D eigenvalue weighted by Gasteiger charge is -2.25. The number of nitrogens with one attached hydrogen (secondary N) is 1. The molecular formula is C11H17N3O2S. The van der Waals surface area contributed by atoms with Gasteiger partial charge in [-0.3, -0.25) is 4.98 Å². The molecule has 1 aliphatic rings. The average molecular weight is 255 g/mol. The topological polar surface area (TPSA) is 85.1 Å². The minimum atomic E-state index is -2.92. The van der Waals surface area contributed by atoms with E-state index in [0.29, 0.717) is 18.7 Å². The Labute approximate surface area is 101 Å². The Bertz CT molecular complexity index is 513. The third kappa shape index (κ3) is 2.88. The number of rotatable bonds is 3. The second kappa shape index (κ2) is 4.52. The summed E-state index contributed by atoms with van der Waals surface area (Å²) >= 11 is 0. The van der Waals surface area contributed by atoms with Crippen LogP contribution in [0, 0.1) is 5.92 Å². The van der Waals surface area contributed by atoms with E-state index in [1.54, 1.807) is 13.1 Å². The molecule has 0 aromatic carbocycles. The first-order valence-electron chi connectivity index (χ1n) is 5.69. The van der Waals surface area contributed by atoms with Crippen molar-refractivity contribution in [2.75, 3.05) is 29.1 Å². The highest BCUT2D eigenvalue weighted by Gasteiger charge is 2.23. The first kappa shape index (κ1) is 12.2. The molecule has 0 saturated heterocycles. The Balaban J connectivity index is 2.12. The van der Waals surface area contributed by atoms with Gasteiger partial charge < -0.3 is 11.1 Å². The molecule has 0 radical (unpaired) electrons. The number of sulfone groups is 1. The fourth-order valence-corrected chi connectivity index (χ4v) is 3.21. The second-order valence-electron chi connectivity index (χ2n) is 4.41. The standard InChI is InChI=1S/C11H17N3O2S/c1-2-17(15,16)7-8-3-10-11(13-5-8)4-9(12)6-14-10/h4,6,8,13H,2-3,5,7,12H2,1H3. The third-order valence-corrected chi connectivity index (χ3v) is 4.84. The molecular weight excluding hydrogens is 238 g/mol. The summed E-state index contributed by atoms with van der Waals surface area (Å²) in [7, 11) is -2.92. The molecule has 6 heteroatoms. The molecule has 5 nitrogen and oxygen atoms in total. The van der Waals surface area contributed by atoms with Crippen molar-refractivity contribution < 1.29 is 8.42 Å². The molecule has 2 rings (SSSR count). The zero-order chi connectivity index (χ0) is 12.5. The van der Waals surface area contributed by atoms with Crippen molar-refractivity contribution >= 4 is 21.2 Å². The smallest absolute Gasteiger partial charge is 0.150 e. The summed E-state index contributed by atoms with van der Waals surface area (Å²) in [6.45, 7) is 2.34. The van der Waals surface area contributed by atoms with Gasteiger partial charge in [0, 0.05) is 12.3 Å². The van der Waals surface area contributed by atoms with E-state index in [2.05, 4.69) is 10.3 Å². The Hall–Kier alpha value is -1.30. The summed E-state index contributed by atoms with van der Waals surface area (Å²) in [5, 5.41) is 3.19. The molecule has 2 heterocycles. The van der Waals surface area contributed by atoms with Gasteiger partial charge in [0.05, 0.1) is 29.0 Å². The van der Waals surface area contributed by atoms with Gasteiger partial charge in [0.2, 0.25) is 0 Å². The number of hydrogen-bond donors (Lipinski definition) is 2. The minimum absolute atomic E-state index is 0.101. The third-order valence-electron chi connectivity index (χ3n) is 2.98. The van der Waals surface area contributed by atoms with Crippen molar-refractivity contribution in [1.29, 1.82) is 0 Å². The fourth-order valence-electron chi connectivity index (χ4n) is 2.02. The molecule has 17 heavy (non-hydrogen) atoms. The van der Waals surface area contributed by atoms with E-state index in [0.717, 1.165) is 11.4 Å². The van der Waals surface area contributed by atoms with Gasteiger partial charge in [0.15, 0.2) is 0 Å². The van der Waals surface area contributed by atoms with Crippen LogP contribution in [0.5, 0.6) is 0 Å². The Morgan fingerprint density at radius 3 is 3.06 bits per heavy atom. The molecule has 1 atom stereocenters. The van der Waals surface area contributed by atoms with Crippen molar-refractivity contribution in [1.82, 2.24) is 4.98 Å². The Kier molecular flexibility index (Phi) is 3.24. The number of fused-ring (bicyclic) bond motifs is 1. The molecule has 0 bridgehead atoms. The highest BCUT2D eigenvalue weighted by Crippen LogP contribution is 2.25. The number of hydrogen-bond acceptors (Lipinski definition) is 5. The monoisotopic (exact) mass is 255 g/mol. The maximum absolute atomic E-state index is 11.6. The van der Waals surface area contributed by atoms with Crippen LogP contribution in [0.25, 0.3) is 0 Å². The Morgan fingerprint density at radius 2 is 2.35 bits per heavy atom. The zero-order valence-electron chi connectivity index (χ0n) is 9.81. The van der Waals surface area contributed by atoms with Crippen LogP contribution in [0.15, 0.2) is 12.3 Å². The fraction of sp³-hybridized carbons (Fsp3) is 0.545. The zero-order valence-corrected chi connectivity index (χ0v) is 10.6. The SMILES string of the molecule is CCS(=O)(=O)CC1CNc2cc(N)cnc2C1. The number of nitrogens with zero attached hydrogens (tertiary/aromatic N) is 1. The van der Waals surface area contributed by atoms with Crippen LogP contribution < -0.4 is 11.1 Å². The summed E-state index contributed by atoms with van der Waals surface area (Å²) in [6, 6.07) is 1.84. The molecule has 3 N–H and O–H groups in total. The largest absolute Gasteiger partial charge is 0.397 e. The van der Waals surface area contributed by atoms with Gasteiger partial charge in [-0.05, 0) is 18.4 Å². The summed E-state index contributed by atoms with van der Waals surface area (Å²) in [5.41, 5.74) is 8.09. The van der Waals surface area contributed by atoms with E-state index in [1.807, 2.05) is 6.07 Å². The van der Waals surface area contributed by atoms with E-state index in [-0.39, 0.29) is 17.4 Å². The van der Waals surface area contributed by atoms with Crippen LogP contribution in [-0.4, -0.2) is 31.5 Å². The minimum Gasteiger partial charge on any atom is -0.397 e. The number of pyridine rings is 1. The van der Waals surface area contributed by atoms with Crippen molar-refractivity contribution in [2.24, 2.45) is 5.92 Å². The average Bonchev–Trinajstić information content (AvgIpc) is 2.29. The van der Waals surface area contributed by atoms with E-state index in [1.165, 1.54) is 0 Å². The molecule has 0 fully saturated rings. The van der Waals surface area contributed by atoms with E-state index < -0.39 is 9.84 Å². The van der Waals surface area contributed by atoms with Gasteiger partial charge in [-0.15, -0.1) is 0 Å². The summed E-state index contributed by atoms with van der Waals surface area (Å²) in [6.07, 6.45) is 2.30. The lowest BCUT2D eigenvalue weighted by atomic mass is 9.99. The Morgan fingerprint density at radius 1 is 1.59 bits per heavy atom. The van der Waals surface area contributed by atoms with Gasteiger partial charge in [-0.2, -0.15) is 0 Å². The molecule has 0 amide bonds. The normalized spacial score (nSPS) is 19.5. The molecule has 1 unspecified atom stereocenters. The predicted octanol–water partition coefficient (Wildman–Crippen LogP) is 0.683. The highest BCUT2D eigenvalue weighted by atomic mass is 32.2. The first-order valence-corrected chi connectivity index (χ1v) is 7.51. The summed E-state index contributed by atoms with van der Waals surface area (Å²) in [4.78, 5) is 4.24. The van der Waals surface area contributed by atoms with Crippen LogP contribution in [-0.2, 0) is 16.3 Å². The number of anilines is 2.